The summed E-state index contributed by atoms with van der Waals surface area (Å²) in [5.41, 5.74) is 0.0970. The number of carbonyl (C=O) groups excluding carboxylic acids is 2. The fraction of sp³-hybridized carbons (Fsp3) is 0.474. The van der Waals surface area contributed by atoms with Gasteiger partial charge >= 0.3 is 0 Å². The van der Waals surface area contributed by atoms with Gasteiger partial charge in [-0.3, -0.25) is 9.59 Å². The smallest absolute Gasteiger partial charge is 0.245 e. The van der Waals surface area contributed by atoms with Crippen LogP contribution in [0.5, 0.6) is 11.5 Å². The van der Waals surface area contributed by atoms with Gasteiger partial charge in [0, 0.05) is 32.0 Å². The third-order valence-electron chi connectivity index (χ3n) is 4.60. The van der Waals surface area contributed by atoms with E-state index in [0.717, 1.165) is 0 Å². The average molecular weight is 329 g/mol. The molecule has 1 aromatic rings. The molecular formula is C19H23NO4. The quantitative estimate of drug-likeness (QED) is 0.800. The lowest BCUT2D eigenvalue weighted by Crippen LogP contribution is -2.52. The number of hydrogen-bond acceptors (Lipinski definition) is 4. The Morgan fingerprint density at radius 3 is 2.71 bits per heavy atom. The Balaban J connectivity index is 1.79. The summed E-state index contributed by atoms with van der Waals surface area (Å²) in [6, 6.07) is 5.39. The summed E-state index contributed by atoms with van der Waals surface area (Å²) in [6.45, 7) is 8.60. The first-order valence-corrected chi connectivity index (χ1v) is 8.37. The number of likely N-dealkylation sites (tertiary alicyclic amines) is 1. The minimum atomic E-state index is -0.515. The first-order chi connectivity index (χ1) is 11.4. The molecule has 0 unspecified atom stereocenters. The number of ketones is 1. The predicted molar refractivity (Wildman–Crippen MR) is 90.5 cm³/mol. The maximum atomic E-state index is 12.5. The molecule has 1 spiro atoms. The Kier molecular flexibility index (Phi) is 4.35. The number of ether oxygens (including phenoxy) is 2. The van der Waals surface area contributed by atoms with E-state index < -0.39 is 5.60 Å². The van der Waals surface area contributed by atoms with E-state index in [-0.39, 0.29) is 17.8 Å². The van der Waals surface area contributed by atoms with Crippen LogP contribution in [0.15, 0.2) is 30.9 Å². The lowest BCUT2D eigenvalue weighted by Gasteiger charge is -2.43. The molecule has 0 bridgehead atoms. The predicted octanol–water partition coefficient (Wildman–Crippen LogP) is 2.99. The average Bonchev–Trinajstić information content (AvgIpc) is 2.54. The van der Waals surface area contributed by atoms with Gasteiger partial charge in [0.05, 0.1) is 18.1 Å². The maximum absolute atomic E-state index is 12.5. The van der Waals surface area contributed by atoms with Crippen LogP contribution < -0.4 is 9.47 Å². The fourth-order valence-electron chi connectivity index (χ4n) is 3.36. The first kappa shape index (κ1) is 16.6. The van der Waals surface area contributed by atoms with Gasteiger partial charge in [0.15, 0.2) is 5.78 Å². The van der Waals surface area contributed by atoms with Crippen LogP contribution in [-0.4, -0.2) is 41.4 Å². The van der Waals surface area contributed by atoms with Crippen LogP contribution in [0.4, 0.5) is 0 Å². The van der Waals surface area contributed by atoms with Gasteiger partial charge in [-0.1, -0.05) is 6.58 Å². The molecule has 0 aromatic heterocycles. The summed E-state index contributed by atoms with van der Waals surface area (Å²) in [6.07, 6.45) is 3.04. The summed E-state index contributed by atoms with van der Waals surface area (Å²) in [5.74, 6) is 1.32. The van der Waals surface area contributed by atoms with Crippen LogP contribution in [0.1, 0.15) is 43.5 Å². The summed E-state index contributed by atoms with van der Waals surface area (Å²) in [5, 5.41) is 0. The number of nitrogens with zero attached hydrogens (tertiary/aromatic N) is 1. The summed E-state index contributed by atoms with van der Waals surface area (Å²) in [7, 11) is 0. The van der Waals surface area contributed by atoms with Crippen molar-refractivity contribution in [2.24, 2.45) is 0 Å². The Hall–Kier alpha value is -2.30. The molecule has 1 saturated heterocycles. The van der Waals surface area contributed by atoms with Crippen LogP contribution in [0.2, 0.25) is 0 Å². The molecule has 0 aliphatic carbocycles. The first-order valence-electron chi connectivity index (χ1n) is 8.37. The van der Waals surface area contributed by atoms with Crippen molar-refractivity contribution in [3.05, 3.63) is 36.4 Å². The molecule has 0 saturated carbocycles. The Labute approximate surface area is 142 Å². The minimum Gasteiger partial charge on any atom is -0.491 e. The zero-order valence-electron chi connectivity index (χ0n) is 14.2. The second-order valence-corrected chi connectivity index (χ2v) is 6.74. The molecule has 1 aromatic carbocycles. The topological polar surface area (TPSA) is 55.8 Å². The SMILES string of the molecule is C=CC(=O)N1CCC2(CC1)CC(=O)c1ccc(OC(C)C)cc1O2. The highest BCUT2D eigenvalue weighted by Gasteiger charge is 2.43. The van der Waals surface area contributed by atoms with E-state index in [4.69, 9.17) is 9.47 Å². The zero-order valence-corrected chi connectivity index (χ0v) is 14.2. The Morgan fingerprint density at radius 1 is 1.38 bits per heavy atom. The number of carbonyl (C=O) groups is 2. The second-order valence-electron chi connectivity index (χ2n) is 6.74. The number of piperidine rings is 1. The van der Waals surface area contributed by atoms with Gasteiger partial charge in [-0.15, -0.1) is 0 Å². The molecule has 0 atom stereocenters. The van der Waals surface area contributed by atoms with Gasteiger partial charge in [0.25, 0.3) is 0 Å². The van der Waals surface area contributed by atoms with E-state index in [1.807, 2.05) is 19.9 Å². The molecule has 3 rings (SSSR count). The lowest BCUT2D eigenvalue weighted by atomic mass is 9.82. The molecule has 24 heavy (non-hydrogen) atoms. The van der Waals surface area contributed by atoms with Gasteiger partial charge in [0.1, 0.15) is 17.1 Å². The van der Waals surface area contributed by atoms with E-state index in [9.17, 15) is 9.59 Å². The zero-order chi connectivity index (χ0) is 17.3. The monoisotopic (exact) mass is 329 g/mol. The minimum absolute atomic E-state index is 0.0597. The number of hydrogen-bond donors (Lipinski definition) is 0. The summed E-state index contributed by atoms with van der Waals surface area (Å²) >= 11 is 0. The molecule has 5 heteroatoms. The molecular weight excluding hydrogens is 306 g/mol. The van der Waals surface area contributed by atoms with Crippen molar-refractivity contribution < 1.29 is 19.1 Å². The highest BCUT2D eigenvalue weighted by Crippen LogP contribution is 2.40. The van der Waals surface area contributed by atoms with E-state index in [1.54, 1.807) is 17.0 Å². The number of rotatable bonds is 3. The molecule has 5 nitrogen and oxygen atoms in total. The lowest BCUT2D eigenvalue weighted by molar-refractivity contribution is -0.129. The highest BCUT2D eigenvalue weighted by molar-refractivity contribution is 6.00. The van der Waals surface area contributed by atoms with Gasteiger partial charge < -0.3 is 14.4 Å². The van der Waals surface area contributed by atoms with Gasteiger partial charge in [-0.25, -0.2) is 0 Å². The van der Waals surface area contributed by atoms with Crippen molar-refractivity contribution in [1.29, 1.82) is 0 Å². The third-order valence-corrected chi connectivity index (χ3v) is 4.60. The number of amides is 1. The molecule has 2 aliphatic rings. The summed E-state index contributed by atoms with van der Waals surface area (Å²) in [4.78, 5) is 26.0. The number of Topliss-reactive ketones (excluding diaryl/α,β-unsaturated/α-hetero) is 1. The van der Waals surface area contributed by atoms with E-state index in [0.29, 0.717) is 49.4 Å². The molecule has 0 N–H and O–H groups in total. The largest absolute Gasteiger partial charge is 0.491 e. The second kappa shape index (κ2) is 6.30. The van der Waals surface area contributed by atoms with Crippen LogP contribution >= 0.6 is 0 Å². The molecule has 128 valence electrons. The normalized spacial score (nSPS) is 19.0. The van der Waals surface area contributed by atoms with Gasteiger partial charge in [-0.2, -0.15) is 0 Å². The van der Waals surface area contributed by atoms with Crippen LogP contribution in [-0.2, 0) is 4.79 Å². The number of benzene rings is 1. The van der Waals surface area contributed by atoms with Gasteiger partial charge in [-0.05, 0) is 32.1 Å². The van der Waals surface area contributed by atoms with E-state index >= 15 is 0 Å². The maximum Gasteiger partial charge on any atom is 0.245 e. The van der Waals surface area contributed by atoms with Crippen molar-refractivity contribution >= 4 is 11.7 Å². The van der Waals surface area contributed by atoms with Crippen molar-refractivity contribution in [3.8, 4) is 11.5 Å². The molecule has 0 radical (unpaired) electrons. The highest BCUT2D eigenvalue weighted by atomic mass is 16.5. The van der Waals surface area contributed by atoms with Crippen molar-refractivity contribution in [2.75, 3.05) is 13.1 Å². The van der Waals surface area contributed by atoms with Crippen LogP contribution in [0.3, 0.4) is 0 Å². The van der Waals surface area contributed by atoms with Gasteiger partial charge in [0.2, 0.25) is 5.91 Å². The van der Waals surface area contributed by atoms with Crippen LogP contribution in [0, 0.1) is 0 Å². The Morgan fingerprint density at radius 2 is 2.08 bits per heavy atom. The Bertz CT molecular complexity index is 672. The molecule has 2 aliphatic heterocycles. The summed E-state index contributed by atoms with van der Waals surface area (Å²) < 4.78 is 11.9. The third kappa shape index (κ3) is 3.16. The van der Waals surface area contributed by atoms with Crippen LogP contribution in [0.25, 0.3) is 0 Å². The molecule has 2 heterocycles. The van der Waals surface area contributed by atoms with Crippen molar-refractivity contribution in [1.82, 2.24) is 4.90 Å². The number of fused-ring (bicyclic) bond motifs is 1. The standard InChI is InChI=1S/C19H23NO4/c1-4-18(22)20-9-7-19(8-10-20)12-16(21)15-6-5-14(23-13(2)3)11-17(15)24-19/h4-6,11,13H,1,7-10,12H2,2-3H3. The van der Waals surface area contributed by atoms with E-state index in [1.165, 1.54) is 6.08 Å². The van der Waals surface area contributed by atoms with Crippen molar-refractivity contribution in [3.63, 3.8) is 0 Å². The van der Waals surface area contributed by atoms with Crippen molar-refractivity contribution in [2.45, 2.75) is 44.8 Å². The van der Waals surface area contributed by atoms with E-state index in [2.05, 4.69) is 6.58 Å². The molecule has 1 amide bonds. The fourth-order valence-corrected chi connectivity index (χ4v) is 3.36. The molecule has 1 fully saturated rings.